The van der Waals surface area contributed by atoms with Crippen LogP contribution in [0, 0.1) is 5.92 Å². The van der Waals surface area contributed by atoms with E-state index in [1.54, 1.807) is 0 Å². The van der Waals surface area contributed by atoms with Gasteiger partial charge in [-0.15, -0.1) is 0 Å². The molecular weight excluding hydrogens is 516 g/mol. The molecule has 0 amide bonds. The molecule has 6 nitrogen and oxygen atoms in total. The highest BCUT2D eigenvalue weighted by Gasteiger charge is 2.54. The van der Waals surface area contributed by atoms with Crippen molar-refractivity contribution in [2.24, 2.45) is 5.92 Å². The van der Waals surface area contributed by atoms with E-state index < -0.39 is 29.9 Å². The Labute approximate surface area is 235 Å². The number of fused-ring (bicyclic) bond motifs is 4. The number of rotatable bonds is 6. The number of benzene rings is 6. The van der Waals surface area contributed by atoms with E-state index in [1.165, 1.54) is 0 Å². The van der Waals surface area contributed by atoms with Crippen molar-refractivity contribution in [3.05, 3.63) is 120 Å². The van der Waals surface area contributed by atoms with Gasteiger partial charge in [0.25, 0.3) is 0 Å². The summed E-state index contributed by atoms with van der Waals surface area (Å²) in [4.78, 5) is 38.5. The van der Waals surface area contributed by atoms with Gasteiger partial charge in [-0.25, -0.2) is 4.79 Å². The maximum absolute atomic E-state index is 13.1. The van der Waals surface area contributed by atoms with Gasteiger partial charge < -0.3 is 14.2 Å². The average molecular weight is 541 g/mol. The summed E-state index contributed by atoms with van der Waals surface area (Å²) in [5.74, 6) is -3.75. The van der Waals surface area contributed by atoms with E-state index in [-0.39, 0.29) is 13.2 Å². The van der Waals surface area contributed by atoms with Crippen LogP contribution in [0.5, 0.6) is 0 Å². The summed E-state index contributed by atoms with van der Waals surface area (Å²) in [7, 11) is 0. The van der Waals surface area contributed by atoms with Gasteiger partial charge in [0.2, 0.25) is 12.0 Å². The van der Waals surface area contributed by atoms with Crippen LogP contribution in [-0.4, -0.2) is 24.0 Å². The second-order valence-electron chi connectivity index (χ2n) is 10.1. The van der Waals surface area contributed by atoms with Crippen molar-refractivity contribution in [2.75, 3.05) is 0 Å². The zero-order chi connectivity index (χ0) is 27.9. The summed E-state index contributed by atoms with van der Waals surface area (Å²) in [6.45, 7) is -0.0766. The van der Waals surface area contributed by atoms with Crippen LogP contribution in [0.15, 0.2) is 109 Å². The van der Waals surface area contributed by atoms with Crippen LogP contribution >= 0.6 is 0 Å². The van der Waals surface area contributed by atoms with E-state index in [0.717, 1.165) is 54.2 Å². The van der Waals surface area contributed by atoms with E-state index in [4.69, 9.17) is 14.2 Å². The summed E-state index contributed by atoms with van der Waals surface area (Å²) in [6.07, 6.45) is -1.35. The molecule has 0 aromatic heterocycles. The minimum Gasteiger partial charge on any atom is -0.460 e. The lowest BCUT2D eigenvalue weighted by Crippen LogP contribution is -2.54. The Bertz CT molecular complexity index is 1900. The van der Waals surface area contributed by atoms with Gasteiger partial charge in [-0.05, 0) is 55.2 Å². The second kappa shape index (κ2) is 10.1. The van der Waals surface area contributed by atoms with E-state index >= 15 is 0 Å². The van der Waals surface area contributed by atoms with E-state index in [2.05, 4.69) is 12.1 Å². The number of hydrogen-bond acceptors (Lipinski definition) is 6. The Kier molecular flexibility index (Phi) is 6.08. The predicted octanol–water partition coefficient (Wildman–Crippen LogP) is 6.63. The van der Waals surface area contributed by atoms with Crippen molar-refractivity contribution in [1.29, 1.82) is 0 Å². The molecule has 2 atom stereocenters. The topological polar surface area (TPSA) is 78.9 Å². The zero-order valence-corrected chi connectivity index (χ0v) is 21.9. The van der Waals surface area contributed by atoms with Gasteiger partial charge in [-0.1, -0.05) is 97.1 Å². The van der Waals surface area contributed by atoms with Gasteiger partial charge in [0.05, 0.1) is 0 Å². The van der Waals surface area contributed by atoms with Crippen molar-refractivity contribution in [2.45, 2.75) is 19.3 Å². The Balaban J connectivity index is 1.10. The molecule has 6 aromatic rings. The molecule has 0 aliphatic carbocycles. The number of ether oxygens (including phenoxy) is 3. The van der Waals surface area contributed by atoms with E-state index in [9.17, 15) is 14.4 Å². The zero-order valence-electron chi connectivity index (χ0n) is 21.9. The van der Waals surface area contributed by atoms with Gasteiger partial charge in [-0.3, -0.25) is 9.59 Å². The molecule has 0 radical (unpaired) electrons. The van der Waals surface area contributed by atoms with Crippen molar-refractivity contribution < 1.29 is 28.6 Å². The molecule has 1 fully saturated rings. The van der Waals surface area contributed by atoms with Crippen LogP contribution in [0.3, 0.4) is 0 Å². The highest BCUT2D eigenvalue weighted by molar-refractivity contribution is 6.07. The molecule has 200 valence electrons. The first-order valence-electron chi connectivity index (χ1n) is 13.4. The summed E-state index contributed by atoms with van der Waals surface area (Å²) in [5, 5.41) is 7.91. The first kappa shape index (κ1) is 24.8. The van der Waals surface area contributed by atoms with Crippen LogP contribution < -0.4 is 0 Å². The molecule has 6 heteroatoms. The summed E-state index contributed by atoms with van der Waals surface area (Å²) < 4.78 is 16.3. The maximum atomic E-state index is 13.1. The van der Waals surface area contributed by atoms with Gasteiger partial charge in [-0.2, -0.15) is 0 Å². The quantitative estimate of drug-likeness (QED) is 0.102. The van der Waals surface area contributed by atoms with Crippen molar-refractivity contribution in [3.8, 4) is 0 Å². The fraction of sp³-hybridized carbons (Fsp3) is 0.114. The fourth-order valence-corrected chi connectivity index (χ4v) is 5.71. The smallest absolute Gasteiger partial charge is 0.349 e. The summed E-state index contributed by atoms with van der Waals surface area (Å²) in [6, 6.07) is 35.6. The summed E-state index contributed by atoms with van der Waals surface area (Å²) in [5.41, 5.74) is 1.68. The van der Waals surface area contributed by atoms with Crippen molar-refractivity contribution in [1.82, 2.24) is 0 Å². The molecule has 41 heavy (non-hydrogen) atoms. The van der Waals surface area contributed by atoms with Crippen LogP contribution in [0.25, 0.3) is 43.1 Å². The monoisotopic (exact) mass is 540 g/mol. The SMILES string of the molecule is O=C(OCc1c2ccccc2cc2ccccc12)C1OC(=O)C1C(=O)OCc1c2ccccc2cc2ccccc12. The molecule has 0 saturated carbocycles. The molecule has 0 spiro atoms. The van der Waals surface area contributed by atoms with Gasteiger partial charge in [0.15, 0.2) is 0 Å². The summed E-state index contributed by atoms with van der Waals surface area (Å²) >= 11 is 0. The first-order valence-corrected chi connectivity index (χ1v) is 13.4. The minimum atomic E-state index is -1.37. The lowest BCUT2D eigenvalue weighted by molar-refractivity contribution is -0.205. The van der Waals surface area contributed by atoms with Crippen LogP contribution in [-0.2, 0) is 41.8 Å². The highest BCUT2D eigenvalue weighted by Crippen LogP contribution is 2.32. The Hall–Kier alpha value is -5.23. The van der Waals surface area contributed by atoms with E-state index in [0.29, 0.717) is 0 Å². The average Bonchev–Trinajstić information content (AvgIpc) is 2.99. The molecule has 0 bridgehead atoms. The Morgan fingerprint density at radius 3 is 1.32 bits per heavy atom. The minimum absolute atomic E-state index is 0.0293. The number of cyclic esters (lactones) is 1. The van der Waals surface area contributed by atoms with Crippen molar-refractivity contribution in [3.63, 3.8) is 0 Å². The lowest BCUT2D eigenvalue weighted by atomic mass is 9.96. The molecule has 0 N–H and O–H groups in total. The fourth-order valence-electron chi connectivity index (χ4n) is 5.71. The highest BCUT2D eigenvalue weighted by atomic mass is 16.6. The Morgan fingerprint density at radius 2 is 0.927 bits per heavy atom. The second-order valence-corrected chi connectivity index (χ2v) is 10.1. The first-order chi connectivity index (χ1) is 20.1. The molecule has 1 saturated heterocycles. The van der Waals surface area contributed by atoms with Crippen molar-refractivity contribution >= 4 is 61.0 Å². The normalized spacial score (nSPS) is 16.4. The molecule has 1 aliphatic heterocycles. The van der Waals surface area contributed by atoms with Crippen LogP contribution in [0.2, 0.25) is 0 Å². The number of carbonyl (C=O) groups excluding carboxylic acids is 3. The predicted molar refractivity (Wildman–Crippen MR) is 156 cm³/mol. The van der Waals surface area contributed by atoms with Gasteiger partial charge in [0.1, 0.15) is 13.2 Å². The number of carbonyl (C=O) groups is 3. The number of hydrogen-bond donors (Lipinski definition) is 0. The van der Waals surface area contributed by atoms with Crippen LogP contribution in [0.1, 0.15) is 11.1 Å². The van der Waals surface area contributed by atoms with Gasteiger partial charge in [0, 0.05) is 11.1 Å². The maximum Gasteiger partial charge on any atom is 0.349 e. The molecule has 1 aliphatic rings. The van der Waals surface area contributed by atoms with Gasteiger partial charge >= 0.3 is 17.9 Å². The molecule has 7 rings (SSSR count). The largest absolute Gasteiger partial charge is 0.460 e. The third-order valence-electron chi connectivity index (χ3n) is 7.77. The third-order valence-corrected chi connectivity index (χ3v) is 7.77. The third kappa shape index (κ3) is 4.34. The molecule has 2 unspecified atom stereocenters. The molecule has 1 heterocycles. The molecule has 6 aromatic carbocycles. The molecular formula is C35H24O6. The van der Waals surface area contributed by atoms with E-state index in [1.807, 2.05) is 97.1 Å². The lowest BCUT2D eigenvalue weighted by Gasteiger charge is -2.31. The Morgan fingerprint density at radius 1 is 0.561 bits per heavy atom. The standard InChI is InChI=1S/C35H24O6/c36-33(39-19-29-25-13-5-1-9-21(25)17-22-10-2-6-14-26(22)29)31-32(41-34(31)37)35(38)40-20-30-27-15-7-3-11-23(27)18-24-12-4-8-16-28(24)30/h1-18,31-32H,19-20H2. The van der Waals surface area contributed by atoms with Crippen LogP contribution in [0.4, 0.5) is 0 Å². The number of esters is 3.